The molecule has 1 aliphatic heterocycles. The number of likely N-dealkylation sites (N-methyl/N-ethyl adjacent to an activating group) is 1. The van der Waals surface area contributed by atoms with Crippen molar-refractivity contribution in [2.75, 3.05) is 20.6 Å². The molecule has 1 aromatic carbocycles. The number of aromatic nitrogens is 2. The quantitative estimate of drug-likeness (QED) is 0.752. The van der Waals surface area contributed by atoms with Crippen molar-refractivity contribution in [1.82, 2.24) is 25.1 Å². The van der Waals surface area contributed by atoms with Gasteiger partial charge in [-0.25, -0.2) is 13.8 Å². The molecule has 0 spiro atoms. The van der Waals surface area contributed by atoms with Gasteiger partial charge in [0.15, 0.2) is 17.3 Å². The molecular weight excluding hydrogens is 416 g/mol. The topological polar surface area (TPSA) is 79.3 Å². The molecule has 7 nitrogen and oxygen atoms in total. The Bertz CT molecular complexity index is 955. The lowest BCUT2D eigenvalue weighted by atomic mass is 10.2. The van der Waals surface area contributed by atoms with Crippen LogP contribution in [-0.4, -0.2) is 52.9 Å². The van der Waals surface area contributed by atoms with Crippen molar-refractivity contribution in [2.24, 2.45) is 5.92 Å². The number of halogens is 2. The number of carbonyl (C=O) groups excluding carboxylic acids is 2. The van der Waals surface area contributed by atoms with Crippen molar-refractivity contribution < 1.29 is 18.4 Å². The summed E-state index contributed by atoms with van der Waals surface area (Å²) in [4.78, 5) is 30.7. The molecule has 2 amide bonds. The first-order valence-corrected chi connectivity index (χ1v) is 10.8. The number of nitrogens with one attached hydrogen (secondary N) is 2. The largest absolute Gasteiger partial charge is 0.358 e. The Kier molecular flexibility index (Phi) is 8.89. The van der Waals surface area contributed by atoms with Crippen LogP contribution in [0.1, 0.15) is 50.3 Å². The first-order chi connectivity index (χ1) is 15.0. The van der Waals surface area contributed by atoms with Gasteiger partial charge in [0, 0.05) is 31.7 Å². The van der Waals surface area contributed by atoms with Crippen molar-refractivity contribution in [3.63, 3.8) is 0 Å². The van der Waals surface area contributed by atoms with E-state index in [1.807, 2.05) is 11.6 Å². The van der Waals surface area contributed by atoms with Crippen LogP contribution < -0.4 is 10.6 Å². The fourth-order valence-electron chi connectivity index (χ4n) is 3.19. The maximum absolute atomic E-state index is 13.8. The summed E-state index contributed by atoms with van der Waals surface area (Å²) in [5.74, 6) is -1.49. The van der Waals surface area contributed by atoms with E-state index in [1.165, 1.54) is 13.1 Å². The van der Waals surface area contributed by atoms with Gasteiger partial charge in [0.1, 0.15) is 5.82 Å². The molecule has 1 unspecified atom stereocenters. The van der Waals surface area contributed by atoms with Gasteiger partial charge in [-0.3, -0.25) is 14.5 Å². The zero-order chi connectivity index (χ0) is 24.0. The van der Waals surface area contributed by atoms with E-state index < -0.39 is 17.5 Å². The SMILES string of the molecule is CC(C)C.CNC(=O)CNC(=O)c1nc(-c2ccc(F)c(F)c2)n2c1CN(C)C(C)CC2. The van der Waals surface area contributed by atoms with Crippen molar-refractivity contribution >= 4 is 11.8 Å². The molecule has 0 aliphatic carbocycles. The van der Waals surface area contributed by atoms with Crippen LogP contribution in [0.25, 0.3) is 11.4 Å². The minimum Gasteiger partial charge on any atom is -0.358 e. The molecule has 2 N–H and O–H groups in total. The molecular formula is C23H33F2N5O2. The molecule has 0 saturated carbocycles. The third-order valence-electron chi connectivity index (χ3n) is 5.08. The maximum Gasteiger partial charge on any atom is 0.272 e. The van der Waals surface area contributed by atoms with Crippen molar-refractivity contribution in [1.29, 1.82) is 0 Å². The molecule has 1 aliphatic rings. The maximum atomic E-state index is 13.8. The zero-order valence-electron chi connectivity index (χ0n) is 19.6. The van der Waals surface area contributed by atoms with E-state index >= 15 is 0 Å². The molecule has 1 aromatic heterocycles. The number of nitrogens with zero attached hydrogens (tertiary/aromatic N) is 3. The minimum absolute atomic E-state index is 0.172. The fourth-order valence-corrected chi connectivity index (χ4v) is 3.19. The fraction of sp³-hybridized carbons (Fsp3) is 0.522. The summed E-state index contributed by atoms with van der Waals surface area (Å²) in [5, 5.41) is 4.99. The molecule has 1 atom stereocenters. The Labute approximate surface area is 188 Å². The molecule has 3 rings (SSSR count). The number of imidazole rings is 1. The molecule has 2 aromatic rings. The Morgan fingerprint density at radius 3 is 2.47 bits per heavy atom. The third-order valence-corrected chi connectivity index (χ3v) is 5.08. The highest BCUT2D eigenvalue weighted by atomic mass is 19.2. The summed E-state index contributed by atoms with van der Waals surface area (Å²) in [6.07, 6.45) is 0.815. The van der Waals surface area contributed by atoms with Gasteiger partial charge < -0.3 is 15.2 Å². The Hall–Kier alpha value is -2.81. The summed E-state index contributed by atoms with van der Waals surface area (Å²) in [7, 11) is 3.44. The van der Waals surface area contributed by atoms with E-state index in [0.717, 1.165) is 24.5 Å². The highest BCUT2D eigenvalue weighted by Gasteiger charge is 2.28. The van der Waals surface area contributed by atoms with Gasteiger partial charge in [0.25, 0.3) is 5.91 Å². The average Bonchev–Trinajstić information content (AvgIpc) is 3.02. The van der Waals surface area contributed by atoms with E-state index in [2.05, 4.69) is 48.2 Å². The second kappa shape index (κ2) is 11.2. The summed E-state index contributed by atoms with van der Waals surface area (Å²) >= 11 is 0. The van der Waals surface area contributed by atoms with Gasteiger partial charge in [-0.05, 0) is 44.5 Å². The van der Waals surface area contributed by atoms with Crippen LogP contribution in [0.2, 0.25) is 0 Å². The summed E-state index contributed by atoms with van der Waals surface area (Å²) in [5.41, 5.74) is 1.26. The summed E-state index contributed by atoms with van der Waals surface area (Å²) in [6.45, 7) is 9.47. The standard InChI is InChI=1S/C19H23F2N5O2.C4H10/c1-11-6-7-26-15(10-25(11)3)17(19(28)23-9-16(27)22-2)24-18(26)12-4-5-13(20)14(21)8-12;1-4(2)3/h4-5,8,11H,6-7,9-10H2,1-3H3,(H,22,27)(H,23,28);4H,1-3H3. The van der Waals surface area contributed by atoms with Gasteiger partial charge in [0.05, 0.1) is 12.2 Å². The number of benzene rings is 1. The Morgan fingerprint density at radius 2 is 1.88 bits per heavy atom. The number of carbonyl (C=O) groups is 2. The summed E-state index contributed by atoms with van der Waals surface area (Å²) < 4.78 is 29.0. The molecule has 176 valence electrons. The second-order valence-electron chi connectivity index (χ2n) is 8.65. The number of amides is 2. The van der Waals surface area contributed by atoms with Gasteiger partial charge in [0.2, 0.25) is 5.91 Å². The number of fused-ring (bicyclic) bond motifs is 1. The number of hydrogen-bond acceptors (Lipinski definition) is 4. The Morgan fingerprint density at radius 1 is 1.22 bits per heavy atom. The van der Waals surface area contributed by atoms with Crippen molar-refractivity contribution in [2.45, 2.75) is 53.2 Å². The molecule has 0 bridgehead atoms. The van der Waals surface area contributed by atoms with Crippen molar-refractivity contribution in [3.8, 4) is 11.4 Å². The normalized spacial score (nSPS) is 16.0. The minimum atomic E-state index is -0.973. The molecule has 0 saturated heterocycles. The van der Waals surface area contributed by atoms with E-state index in [1.54, 1.807) is 0 Å². The van der Waals surface area contributed by atoms with Gasteiger partial charge in [-0.15, -0.1) is 0 Å². The average molecular weight is 450 g/mol. The van der Waals surface area contributed by atoms with Crippen LogP contribution in [0, 0.1) is 17.6 Å². The highest BCUT2D eigenvalue weighted by Crippen LogP contribution is 2.28. The molecule has 0 radical (unpaired) electrons. The Balaban J connectivity index is 0.000000837. The van der Waals surface area contributed by atoms with E-state index in [4.69, 9.17) is 0 Å². The van der Waals surface area contributed by atoms with Gasteiger partial charge in [-0.2, -0.15) is 0 Å². The number of rotatable bonds is 4. The van der Waals surface area contributed by atoms with Gasteiger partial charge in [-0.1, -0.05) is 20.8 Å². The van der Waals surface area contributed by atoms with E-state index in [9.17, 15) is 18.4 Å². The zero-order valence-corrected chi connectivity index (χ0v) is 19.6. The van der Waals surface area contributed by atoms with Crippen LogP contribution in [0.5, 0.6) is 0 Å². The monoisotopic (exact) mass is 449 g/mol. The van der Waals surface area contributed by atoms with Gasteiger partial charge >= 0.3 is 0 Å². The first-order valence-electron chi connectivity index (χ1n) is 10.8. The van der Waals surface area contributed by atoms with E-state index in [0.29, 0.717) is 30.2 Å². The number of hydrogen-bond donors (Lipinski definition) is 2. The molecule has 2 heterocycles. The second-order valence-corrected chi connectivity index (χ2v) is 8.65. The predicted molar refractivity (Wildman–Crippen MR) is 120 cm³/mol. The molecule has 32 heavy (non-hydrogen) atoms. The third kappa shape index (κ3) is 6.35. The van der Waals surface area contributed by atoms with E-state index in [-0.39, 0.29) is 24.2 Å². The van der Waals surface area contributed by atoms with Crippen LogP contribution in [-0.2, 0) is 17.9 Å². The lowest BCUT2D eigenvalue weighted by Crippen LogP contribution is -2.36. The molecule has 0 fully saturated rings. The lowest BCUT2D eigenvalue weighted by molar-refractivity contribution is -0.119. The van der Waals surface area contributed by atoms with Crippen molar-refractivity contribution in [3.05, 3.63) is 41.2 Å². The molecule has 9 heteroatoms. The van der Waals surface area contributed by atoms with Crippen LogP contribution in [0.3, 0.4) is 0 Å². The van der Waals surface area contributed by atoms with Crippen LogP contribution in [0.15, 0.2) is 18.2 Å². The smallest absolute Gasteiger partial charge is 0.272 e. The lowest BCUT2D eigenvalue weighted by Gasteiger charge is -2.20. The highest BCUT2D eigenvalue weighted by molar-refractivity contribution is 5.96. The first kappa shape index (κ1) is 25.5. The van der Waals surface area contributed by atoms with Crippen LogP contribution in [0.4, 0.5) is 8.78 Å². The summed E-state index contributed by atoms with van der Waals surface area (Å²) in [6, 6.07) is 3.84. The van der Waals surface area contributed by atoms with Crippen LogP contribution >= 0.6 is 0 Å². The predicted octanol–water partition coefficient (Wildman–Crippen LogP) is 3.19.